The Morgan fingerprint density at radius 1 is 1.17 bits per heavy atom. The average Bonchev–Trinajstić information content (AvgIpc) is 3.20. The van der Waals surface area contributed by atoms with Gasteiger partial charge in [-0.2, -0.15) is 5.10 Å². The molecule has 0 aliphatic rings. The summed E-state index contributed by atoms with van der Waals surface area (Å²) >= 11 is 0. The Bertz CT molecular complexity index is 1290. The van der Waals surface area contributed by atoms with E-state index < -0.39 is 0 Å². The summed E-state index contributed by atoms with van der Waals surface area (Å²) in [5, 5.41) is 20.7. The Labute approximate surface area is 174 Å². The van der Waals surface area contributed by atoms with Crippen molar-refractivity contribution in [2.24, 2.45) is 7.05 Å². The number of rotatable bonds is 5. The summed E-state index contributed by atoms with van der Waals surface area (Å²) in [4.78, 5) is 17.5. The van der Waals surface area contributed by atoms with Crippen LogP contribution in [0, 0.1) is 13.8 Å². The monoisotopic (exact) mass is 403 g/mol. The summed E-state index contributed by atoms with van der Waals surface area (Å²) in [6.45, 7) is 5.88. The normalized spacial score (nSPS) is 12.3. The maximum Gasteiger partial charge on any atom is 0.258 e. The molecule has 1 aromatic carbocycles. The molecule has 0 fully saturated rings. The largest absolute Gasteiger partial charge is 0.396 e. The van der Waals surface area contributed by atoms with Crippen LogP contribution in [0.4, 0.5) is 11.5 Å². The van der Waals surface area contributed by atoms with Gasteiger partial charge in [0, 0.05) is 53.3 Å². The molecule has 7 nitrogen and oxygen atoms in total. The third-order valence-electron chi connectivity index (χ3n) is 5.45. The molecule has 3 heterocycles. The minimum absolute atomic E-state index is 0.0144. The van der Waals surface area contributed by atoms with Gasteiger partial charge in [0.05, 0.1) is 12.1 Å². The van der Waals surface area contributed by atoms with Gasteiger partial charge in [-0.05, 0) is 49.2 Å². The van der Waals surface area contributed by atoms with Crippen molar-refractivity contribution in [3.8, 4) is 11.1 Å². The number of aromatic nitrogens is 4. The van der Waals surface area contributed by atoms with E-state index in [0.717, 1.165) is 39.1 Å². The van der Waals surface area contributed by atoms with Crippen LogP contribution in [0.1, 0.15) is 29.8 Å². The Hall–Kier alpha value is -3.45. The van der Waals surface area contributed by atoms with E-state index in [-0.39, 0.29) is 18.1 Å². The number of aryl methyl sites for hydroxylation is 3. The third-order valence-corrected chi connectivity index (χ3v) is 5.45. The van der Waals surface area contributed by atoms with Crippen LogP contribution < -0.4 is 10.9 Å². The lowest BCUT2D eigenvalue weighted by atomic mass is 9.99. The van der Waals surface area contributed by atoms with Crippen molar-refractivity contribution in [2.45, 2.75) is 26.7 Å². The van der Waals surface area contributed by atoms with Crippen molar-refractivity contribution in [3.05, 3.63) is 69.9 Å². The van der Waals surface area contributed by atoms with Gasteiger partial charge >= 0.3 is 0 Å². The number of aliphatic hydroxyl groups is 1. The number of nitrogens with zero attached hydrogens (tertiary/aromatic N) is 3. The zero-order chi connectivity index (χ0) is 21.4. The topological polar surface area (TPSA) is 95.8 Å². The number of nitrogens with one attached hydrogen (secondary N) is 2. The molecule has 30 heavy (non-hydrogen) atoms. The van der Waals surface area contributed by atoms with Gasteiger partial charge in [-0.1, -0.05) is 13.0 Å². The molecule has 4 aromatic rings. The van der Waals surface area contributed by atoms with Gasteiger partial charge in [-0.15, -0.1) is 0 Å². The van der Waals surface area contributed by atoms with E-state index in [1.807, 2.05) is 57.2 Å². The smallest absolute Gasteiger partial charge is 0.258 e. The highest BCUT2D eigenvalue weighted by Crippen LogP contribution is 2.28. The van der Waals surface area contributed by atoms with Crippen LogP contribution in [-0.2, 0) is 7.05 Å². The number of fused-ring (bicyclic) bond motifs is 1. The van der Waals surface area contributed by atoms with Crippen LogP contribution >= 0.6 is 0 Å². The lowest BCUT2D eigenvalue weighted by Crippen LogP contribution is -2.19. The number of aliphatic hydroxyl groups excluding tert-OH is 1. The number of pyridine rings is 2. The van der Waals surface area contributed by atoms with Gasteiger partial charge in [0.25, 0.3) is 5.56 Å². The van der Waals surface area contributed by atoms with E-state index in [2.05, 4.69) is 20.5 Å². The van der Waals surface area contributed by atoms with Crippen molar-refractivity contribution in [2.75, 3.05) is 11.9 Å². The number of H-pyrrole nitrogens is 1. The summed E-state index contributed by atoms with van der Waals surface area (Å²) in [7, 11) is 1.79. The highest BCUT2D eigenvalue weighted by molar-refractivity contribution is 5.85. The van der Waals surface area contributed by atoms with E-state index >= 15 is 0 Å². The van der Waals surface area contributed by atoms with Gasteiger partial charge in [0.2, 0.25) is 0 Å². The standard InChI is InChI=1S/C23H25N5O2/c1-13-5-6-17(25-22-10-20(26-27-22)14(2)12-29)9-18(13)19-8-16-11-24-15(3)7-21(16)28(4)23(19)30/h5-11,14,29H,12H2,1-4H3,(H2,25,26,27). The van der Waals surface area contributed by atoms with Crippen molar-refractivity contribution in [3.63, 3.8) is 0 Å². The molecule has 0 amide bonds. The lowest BCUT2D eigenvalue weighted by molar-refractivity contribution is 0.271. The fraction of sp³-hybridized carbons (Fsp3) is 0.261. The maximum atomic E-state index is 13.1. The predicted molar refractivity (Wildman–Crippen MR) is 119 cm³/mol. The Morgan fingerprint density at radius 2 is 1.97 bits per heavy atom. The zero-order valence-corrected chi connectivity index (χ0v) is 17.5. The van der Waals surface area contributed by atoms with Gasteiger partial charge in [0.1, 0.15) is 0 Å². The molecule has 4 rings (SSSR count). The molecule has 0 bridgehead atoms. The second-order valence-corrected chi connectivity index (χ2v) is 7.75. The van der Waals surface area contributed by atoms with Crippen molar-refractivity contribution >= 4 is 22.4 Å². The Balaban J connectivity index is 1.75. The summed E-state index contributed by atoms with van der Waals surface area (Å²) in [5.41, 5.74) is 5.89. The van der Waals surface area contributed by atoms with E-state index in [1.165, 1.54) is 0 Å². The number of anilines is 2. The molecule has 0 saturated heterocycles. The second-order valence-electron chi connectivity index (χ2n) is 7.75. The van der Waals surface area contributed by atoms with Crippen LogP contribution in [0.5, 0.6) is 0 Å². The van der Waals surface area contributed by atoms with Crippen molar-refractivity contribution in [1.82, 2.24) is 19.7 Å². The summed E-state index contributed by atoms with van der Waals surface area (Å²) in [6.07, 6.45) is 1.80. The molecule has 0 aliphatic heterocycles. The molecule has 0 radical (unpaired) electrons. The fourth-order valence-electron chi connectivity index (χ4n) is 3.55. The SMILES string of the molecule is Cc1cc2c(cn1)cc(-c1cc(Nc3cc(C(C)CO)[nH]n3)ccc1C)c(=O)n2C. The van der Waals surface area contributed by atoms with E-state index in [9.17, 15) is 9.90 Å². The first kappa shape index (κ1) is 19.8. The summed E-state index contributed by atoms with van der Waals surface area (Å²) in [5.74, 6) is 0.644. The molecule has 1 unspecified atom stereocenters. The van der Waals surface area contributed by atoms with Gasteiger partial charge in [0.15, 0.2) is 5.82 Å². The fourth-order valence-corrected chi connectivity index (χ4v) is 3.55. The molecule has 0 saturated carbocycles. The first-order chi connectivity index (χ1) is 14.4. The Kier molecular flexibility index (Phi) is 5.13. The second kappa shape index (κ2) is 7.76. The maximum absolute atomic E-state index is 13.1. The quantitative estimate of drug-likeness (QED) is 0.471. The molecule has 3 aromatic heterocycles. The molecule has 1 atom stereocenters. The van der Waals surface area contributed by atoms with Crippen LogP contribution in [0.3, 0.4) is 0 Å². The zero-order valence-electron chi connectivity index (χ0n) is 17.5. The van der Waals surface area contributed by atoms with E-state index in [1.54, 1.807) is 17.8 Å². The molecular formula is C23H25N5O2. The predicted octanol–water partition coefficient (Wildman–Crippen LogP) is 3.78. The van der Waals surface area contributed by atoms with Crippen molar-refractivity contribution < 1.29 is 5.11 Å². The molecule has 154 valence electrons. The van der Waals surface area contributed by atoms with Crippen molar-refractivity contribution in [1.29, 1.82) is 0 Å². The van der Waals surface area contributed by atoms with Crippen LogP contribution in [0.15, 0.2) is 47.4 Å². The number of hydrogen-bond donors (Lipinski definition) is 3. The molecule has 0 spiro atoms. The lowest BCUT2D eigenvalue weighted by Gasteiger charge is -2.13. The van der Waals surface area contributed by atoms with E-state index in [4.69, 9.17) is 0 Å². The van der Waals surface area contributed by atoms with E-state index in [0.29, 0.717) is 11.4 Å². The highest BCUT2D eigenvalue weighted by atomic mass is 16.3. The Morgan fingerprint density at radius 3 is 2.73 bits per heavy atom. The minimum Gasteiger partial charge on any atom is -0.396 e. The third kappa shape index (κ3) is 3.59. The average molecular weight is 403 g/mol. The van der Waals surface area contributed by atoms with Gasteiger partial charge < -0.3 is 15.0 Å². The van der Waals surface area contributed by atoms with Crippen LogP contribution in [0.25, 0.3) is 22.0 Å². The van der Waals surface area contributed by atoms with Gasteiger partial charge in [-0.25, -0.2) is 0 Å². The van der Waals surface area contributed by atoms with Crippen LogP contribution in [-0.4, -0.2) is 31.5 Å². The van der Waals surface area contributed by atoms with Gasteiger partial charge in [-0.3, -0.25) is 14.9 Å². The first-order valence-corrected chi connectivity index (χ1v) is 9.88. The minimum atomic E-state index is -0.0489. The molecule has 0 aliphatic carbocycles. The van der Waals surface area contributed by atoms with Crippen LogP contribution in [0.2, 0.25) is 0 Å². The summed E-state index contributed by atoms with van der Waals surface area (Å²) in [6, 6.07) is 11.6. The molecule has 7 heteroatoms. The first-order valence-electron chi connectivity index (χ1n) is 9.88. The molecular weight excluding hydrogens is 378 g/mol. The summed E-state index contributed by atoms with van der Waals surface area (Å²) < 4.78 is 1.68. The number of aromatic amines is 1. The highest BCUT2D eigenvalue weighted by Gasteiger charge is 2.13. The molecule has 3 N–H and O–H groups in total. The number of hydrogen-bond acceptors (Lipinski definition) is 5. The number of benzene rings is 1.